The summed E-state index contributed by atoms with van der Waals surface area (Å²) >= 11 is 5.94. The molecule has 1 aromatic carbocycles. The molecule has 2 N–H and O–H groups in total. The van der Waals surface area contributed by atoms with E-state index in [4.69, 9.17) is 11.6 Å². The van der Waals surface area contributed by atoms with Crippen LogP contribution in [-0.2, 0) is 0 Å². The zero-order chi connectivity index (χ0) is 13.5. The van der Waals surface area contributed by atoms with Crippen LogP contribution in [0.1, 0.15) is 18.5 Å². The van der Waals surface area contributed by atoms with Gasteiger partial charge in [-0.1, -0.05) is 23.7 Å². The fourth-order valence-corrected chi connectivity index (χ4v) is 1.71. The molecule has 0 bridgehead atoms. The maximum absolute atomic E-state index is 11.3. The third-order valence-electron chi connectivity index (χ3n) is 2.61. The Bertz CT molecular complexity index is 396. The number of nitrogens with one attached hydrogen (secondary N) is 2. The van der Waals surface area contributed by atoms with E-state index in [1.54, 1.807) is 14.1 Å². The topological polar surface area (TPSA) is 44.4 Å². The van der Waals surface area contributed by atoms with Crippen molar-refractivity contribution < 1.29 is 4.79 Å². The van der Waals surface area contributed by atoms with Gasteiger partial charge in [-0.25, -0.2) is 4.79 Å². The second-order valence-corrected chi connectivity index (χ2v) is 4.79. The first-order valence-corrected chi connectivity index (χ1v) is 6.32. The Hall–Kier alpha value is -1.26. The summed E-state index contributed by atoms with van der Waals surface area (Å²) < 4.78 is 0. The molecule has 0 aromatic heterocycles. The molecule has 1 aromatic rings. The van der Waals surface area contributed by atoms with Crippen molar-refractivity contribution in [3.63, 3.8) is 0 Å². The molecule has 18 heavy (non-hydrogen) atoms. The Balaban J connectivity index is 2.29. The predicted molar refractivity (Wildman–Crippen MR) is 75.0 cm³/mol. The number of carbonyl (C=O) groups excluding carboxylic acids is 1. The maximum Gasteiger partial charge on any atom is 0.316 e. The van der Waals surface area contributed by atoms with Gasteiger partial charge in [-0.15, -0.1) is 0 Å². The smallest absolute Gasteiger partial charge is 0.316 e. The van der Waals surface area contributed by atoms with Crippen molar-refractivity contribution >= 4 is 17.6 Å². The summed E-state index contributed by atoms with van der Waals surface area (Å²) in [6.45, 7) is 3.38. The van der Waals surface area contributed by atoms with Crippen molar-refractivity contribution in [2.24, 2.45) is 0 Å². The molecule has 0 aliphatic rings. The highest BCUT2D eigenvalue weighted by Crippen LogP contribution is 2.16. The van der Waals surface area contributed by atoms with Crippen molar-refractivity contribution in [3.8, 4) is 0 Å². The molecule has 1 unspecified atom stereocenters. The molecule has 2 amide bonds. The summed E-state index contributed by atoms with van der Waals surface area (Å²) in [4.78, 5) is 12.8. The first kappa shape index (κ1) is 14.8. The number of nitrogens with zero attached hydrogens (tertiary/aromatic N) is 1. The zero-order valence-electron chi connectivity index (χ0n) is 11.0. The lowest BCUT2D eigenvalue weighted by atomic mass is 10.1. The van der Waals surface area contributed by atoms with Crippen molar-refractivity contribution in [2.75, 3.05) is 27.2 Å². The lowest BCUT2D eigenvalue weighted by Crippen LogP contribution is -2.38. The van der Waals surface area contributed by atoms with Gasteiger partial charge in [0.15, 0.2) is 0 Å². The number of halogens is 1. The lowest BCUT2D eigenvalue weighted by Gasteiger charge is -2.16. The van der Waals surface area contributed by atoms with Crippen LogP contribution in [0.4, 0.5) is 4.79 Å². The monoisotopic (exact) mass is 269 g/mol. The van der Waals surface area contributed by atoms with Crippen LogP contribution in [0.15, 0.2) is 24.3 Å². The van der Waals surface area contributed by atoms with E-state index in [9.17, 15) is 4.79 Å². The molecule has 0 heterocycles. The number of hydrogen-bond donors (Lipinski definition) is 2. The van der Waals surface area contributed by atoms with Gasteiger partial charge >= 0.3 is 6.03 Å². The fourth-order valence-electron chi connectivity index (χ4n) is 1.51. The van der Waals surface area contributed by atoms with Gasteiger partial charge in [0.2, 0.25) is 0 Å². The van der Waals surface area contributed by atoms with Gasteiger partial charge in [-0.05, 0) is 24.6 Å². The van der Waals surface area contributed by atoms with Gasteiger partial charge in [-0.3, -0.25) is 0 Å². The van der Waals surface area contributed by atoms with Crippen molar-refractivity contribution in [1.82, 2.24) is 15.5 Å². The van der Waals surface area contributed by atoms with Gasteiger partial charge in [0.25, 0.3) is 0 Å². The molecule has 0 aliphatic heterocycles. The third-order valence-corrected chi connectivity index (χ3v) is 2.84. The molecule has 0 saturated carbocycles. The molecule has 1 rings (SSSR count). The minimum atomic E-state index is -0.0767. The summed E-state index contributed by atoms with van der Waals surface area (Å²) in [7, 11) is 3.44. The third kappa shape index (κ3) is 4.94. The molecule has 0 radical (unpaired) electrons. The van der Waals surface area contributed by atoms with Crippen LogP contribution in [0, 0.1) is 0 Å². The maximum atomic E-state index is 11.3. The van der Waals surface area contributed by atoms with Crippen LogP contribution in [0.25, 0.3) is 0 Å². The van der Waals surface area contributed by atoms with E-state index in [1.807, 2.05) is 24.3 Å². The summed E-state index contributed by atoms with van der Waals surface area (Å²) in [6.07, 6.45) is 0. The van der Waals surface area contributed by atoms with Crippen LogP contribution < -0.4 is 10.6 Å². The highest BCUT2D eigenvalue weighted by atomic mass is 35.5. The minimum Gasteiger partial charge on any atom is -0.337 e. The van der Waals surface area contributed by atoms with Crippen LogP contribution in [-0.4, -0.2) is 38.1 Å². The molecule has 1 atom stereocenters. The van der Waals surface area contributed by atoms with Crippen molar-refractivity contribution in [3.05, 3.63) is 34.9 Å². The number of hydrogen-bond acceptors (Lipinski definition) is 2. The number of rotatable bonds is 5. The average Bonchev–Trinajstić information content (AvgIpc) is 2.33. The molecule has 0 saturated heterocycles. The number of amides is 2. The normalized spacial score (nSPS) is 12.0. The summed E-state index contributed by atoms with van der Waals surface area (Å²) in [5.41, 5.74) is 1.14. The Morgan fingerprint density at radius 2 is 2.11 bits per heavy atom. The van der Waals surface area contributed by atoms with E-state index < -0.39 is 0 Å². The van der Waals surface area contributed by atoms with E-state index in [1.165, 1.54) is 4.90 Å². The molecule has 5 heteroatoms. The van der Waals surface area contributed by atoms with Gasteiger partial charge in [0.1, 0.15) is 0 Å². The Morgan fingerprint density at radius 3 is 2.72 bits per heavy atom. The molecule has 4 nitrogen and oxygen atoms in total. The largest absolute Gasteiger partial charge is 0.337 e. The SMILES string of the molecule is CC(NCCNC(=O)N(C)C)c1cccc(Cl)c1. The molecule has 100 valence electrons. The first-order chi connectivity index (χ1) is 8.50. The van der Waals surface area contributed by atoms with Crippen molar-refractivity contribution in [2.45, 2.75) is 13.0 Å². The van der Waals surface area contributed by atoms with Gasteiger partial charge in [0, 0.05) is 38.2 Å². The van der Waals surface area contributed by atoms with E-state index >= 15 is 0 Å². The van der Waals surface area contributed by atoms with E-state index in [0.29, 0.717) is 13.1 Å². The summed E-state index contributed by atoms with van der Waals surface area (Å²) in [5, 5.41) is 6.87. The number of carbonyl (C=O) groups is 1. The van der Waals surface area contributed by atoms with Gasteiger partial charge < -0.3 is 15.5 Å². The van der Waals surface area contributed by atoms with E-state index in [-0.39, 0.29) is 12.1 Å². The van der Waals surface area contributed by atoms with Crippen LogP contribution in [0.2, 0.25) is 5.02 Å². The standard InChI is InChI=1S/C13H20ClN3O/c1-10(11-5-4-6-12(14)9-11)15-7-8-16-13(18)17(2)3/h4-6,9-10,15H,7-8H2,1-3H3,(H,16,18). The van der Waals surface area contributed by atoms with Crippen LogP contribution in [0.5, 0.6) is 0 Å². The molecular weight excluding hydrogens is 250 g/mol. The van der Waals surface area contributed by atoms with Crippen molar-refractivity contribution in [1.29, 1.82) is 0 Å². The Kier molecular flexibility index (Phi) is 5.95. The second-order valence-electron chi connectivity index (χ2n) is 4.36. The van der Waals surface area contributed by atoms with Crippen LogP contribution >= 0.6 is 11.6 Å². The molecule has 0 fully saturated rings. The average molecular weight is 270 g/mol. The number of urea groups is 1. The highest BCUT2D eigenvalue weighted by molar-refractivity contribution is 6.30. The summed E-state index contributed by atoms with van der Waals surface area (Å²) in [6, 6.07) is 7.89. The highest BCUT2D eigenvalue weighted by Gasteiger charge is 2.05. The van der Waals surface area contributed by atoms with Gasteiger partial charge in [0.05, 0.1) is 0 Å². The number of benzene rings is 1. The quantitative estimate of drug-likeness (QED) is 0.806. The van der Waals surface area contributed by atoms with E-state index in [0.717, 1.165) is 10.6 Å². The Morgan fingerprint density at radius 1 is 1.39 bits per heavy atom. The molecule has 0 spiro atoms. The minimum absolute atomic E-state index is 0.0767. The van der Waals surface area contributed by atoms with E-state index in [2.05, 4.69) is 17.6 Å². The molecule has 0 aliphatic carbocycles. The van der Waals surface area contributed by atoms with Gasteiger partial charge in [-0.2, -0.15) is 0 Å². The predicted octanol–water partition coefficient (Wildman–Crippen LogP) is 2.26. The first-order valence-electron chi connectivity index (χ1n) is 5.94. The lowest BCUT2D eigenvalue weighted by molar-refractivity contribution is 0.217. The second kappa shape index (κ2) is 7.24. The van der Waals surface area contributed by atoms with Crippen LogP contribution in [0.3, 0.4) is 0 Å². The fraction of sp³-hybridized carbons (Fsp3) is 0.462. The molecular formula is C13H20ClN3O. The summed E-state index contributed by atoms with van der Waals surface area (Å²) in [5.74, 6) is 0. The Labute approximate surface area is 113 Å². The zero-order valence-corrected chi connectivity index (χ0v) is 11.8.